The molecule has 1 aromatic carbocycles. The molecule has 0 aliphatic heterocycles. The number of carbonyl (C=O) groups excluding carboxylic acids is 1. The van der Waals surface area contributed by atoms with Crippen LogP contribution in [0.1, 0.15) is 22.8 Å². The van der Waals surface area contributed by atoms with E-state index in [1.807, 2.05) is 19.1 Å². The number of ether oxygens (including phenoxy) is 1. The van der Waals surface area contributed by atoms with Crippen LogP contribution in [0.5, 0.6) is 5.75 Å². The quantitative estimate of drug-likeness (QED) is 0.839. The summed E-state index contributed by atoms with van der Waals surface area (Å²) in [6, 6.07) is 6.77. The number of nitrogens with zero attached hydrogens (tertiary/aromatic N) is 1. The molecule has 0 saturated carbocycles. The highest BCUT2D eigenvalue weighted by atomic mass is 16.5. The maximum Gasteiger partial charge on any atom is 0.256 e. The summed E-state index contributed by atoms with van der Waals surface area (Å²) in [6.45, 7) is 3.52. The van der Waals surface area contributed by atoms with Gasteiger partial charge in [-0.3, -0.25) is 4.79 Å². The van der Waals surface area contributed by atoms with Crippen molar-refractivity contribution in [1.82, 2.24) is 5.32 Å². The molecule has 4 heteroatoms. The number of methoxy groups -OCH3 is 1. The standard InChI is InChI=1S/C12H14N2O2/c1-8-4-5-11(16-3)10(6-8)12(15)14-9(2)7-13/h4-6,9H,1-3H3,(H,14,15). The number of benzene rings is 1. The lowest BCUT2D eigenvalue weighted by Gasteiger charge is -2.10. The summed E-state index contributed by atoms with van der Waals surface area (Å²) in [5, 5.41) is 11.2. The summed E-state index contributed by atoms with van der Waals surface area (Å²) < 4.78 is 5.09. The van der Waals surface area contributed by atoms with Crippen LogP contribution in [0.4, 0.5) is 0 Å². The van der Waals surface area contributed by atoms with Crippen molar-refractivity contribution >= 4 is 5.91 Å². The van der Waals surface area contributed by atoms with Crippen molar-refractivity contribution in [3.05, 3.63) is 29.3 Å². The molecule has 4 nitrogen and oxygen atoms in total. The van der Waals surface area contributed by atoms with Gasteiger partial charge in [0.2, 0.25) is 0 Å². The number of nitriles is 1. The van der Waals surface area contributed by atoms with Crippen LogP contribution in [0.15, 0.2) is 18.2 Å². The SMILES string of the molecule is COc1ccc(C)cc1C(=O)NC(C)C#N. The van der Waals surface area contributed by atoms with Gasteiger partial charge in [0.1, 0.15) is 11.8 Å². The van der Waals surface area contributed by atoms with Crippen LogP contribution in [0.3, 0.4) is 0 Å². The summed E-state index contributed by atoms with van der Waals surface area (Å²) in [7, 11) is 1.51. The molecule has 1 N–H and O–H groups in total. The van der Waals surface area contributed by atoms with Crippen molar-refractivity contribution in [3.8, 4) is 11.8 Å². The van der Waals surface area contributed by atoms with Crippen LogP contribution < -0.4 is 10.1 Å². The smallest absolute Gasteiger partial charge is 0.256 e. The molecule has 16 heavy (non-hydrogen) atoms. The lowest BCUT2D eigenvalue weighted by atomic mass is 10.1. The fourth-order valence-corrected chi connectivity index (χ4v) is 1.31. The molecule has 1 rings (SSSR count). The molecular weight excluding hydrogens is 204 g/mol. The van der Waals surface area contributed by atoms with E-state index in [1.54, 1.807) is 19.1 Å². The molecule has 0 heterocycles. The minimum absolute atomic E-state index is 0.297. The van der Waals surface area contributed by atoms with Gasteiger partial charge < -0.3 is 10.1 Å². The molecule has 0 aliphatic carbocycles. The molecule has 0 saturated heterocycles. The summed E-state index contributed by atoms with van der Waals surface area (Å²) in [5.41, 5.74) is 1.42. The highest BCUT2D eigenvalue weighted by molar-refractivity contribution is 5.97. The largest absolute Gasteiger partial charge is 0.496 e. The molecule has 0 bridgehead atoms. The summed E-state index contributed by atoms with van der Waals surface area (Å²) >= 11 is 0. The minimum atomic E-state index is -0.516. The van der Waals surface area contributed by atoms with Crippen LogP contribution in [-0.4, -0.2) is 19.1 Å². The highest BCUT2D eigenvalue weighted by Gasteiger charge is 2.14. The average Bonchev–Trinajstić information content (AvgIpc) is 2.28. The highest BCUT2D eigenvalue weighted by Crippen LogP contribution is 2.19. The summed E-state index contributed by atoms with van der Waals surface area (Å²) in [6.07, 6.45) is 0. The minimum Gasteiger partial charge on any atom is -0.496 e. The predicted octanol–water partition coefficient (Wildman–Crippen LogP) is 1.65. The normalized spacial score (nSPS) is 11.4. The van der Waals surface area contributed by atoms with Gasteiger partial charge in [-0.2, -0.15) is 5.26 Å². The molecule has 0 aromatic heterocycles. The first-order valence-corrected chi connectivity index (χ1v) is 4.93. The molecule has 1 aromatic rings. The van der Waals surface area contributed by atoms with Crippen molar-refractivity contribution in [2.75, 3.05) is 7.11 Å². The summed E-state index contributed by atoms with van der Waals surface area (Å²) in [4.78, 5) is 11.8. The Kier molecular flexibility index (Phi) is 3.90. The molecule has 84 valence electrons. The molecule has 1 unspecified atom stereocenters. The molecule has 0 fully saturated rings. The van der Waals surface area contributed by atoms with E-state index in [-0.39, 0.29) is 5.91 Å². The first-order chi connectivity index (χ1) is 7.58. The van der Waals surface area contributed by atoms with Gasteiger partial charge in [0, 0.05) is 0 Å². The molecule has 0 spiro atoms. The van der Waals surface area contributed by atoms with Crippen molar-refractivity contribution in [2.45, 2.75) is 19.9 Å². The number of aryl methyl sites for hydroxylation is 1. The zero-order valence-corrected chi connectivity index (χ0v) is 9.57. The van der Waals surface area contributed by atoms with E-state index in [0.29, 0.717) is 11.3 Å². The van der Waals surface area contributed by atoms with Gasteiger partial charge in [0.25, 0.3) is 5.91 Å². The van der Waals surface area contributed by atoms with E-state index in [9.17, 15) is 4.79 Å². The summed E-state index contributed by atoms with van der Waals surface area (Å²) in [5.74, 6) is 0.211. The van der Waals surface area contributed by atoms with Gasteiger partial charge in [-0.1, -0.05) is 11.6 Å². The zero-order chi connectivity index (χ0) is 12.1. The lowest BCUT2D eigenvalue weighted by molar-refractivity contribution is 0.0944. The first-order valence-electron chi connectivity index (χ1n) is 4.93. The van der Waals surface area contributed by atoms with Crippen molar-refractivity contribution < 1.29 is 9.53 Å². The fraction of sp³-hybridized carbons (Fsp3) is 0.333. The number of rotatable bonds is 3. The van der Waals surface area contributed by atoms with Crippen LogP contribution in [0, 0.1) is 18.3 Å². The monoisotopic (exact) mass is 218 g/mol. The Morgan fingerprint density at radius 2 is 2.25 bits per heavy atom. The zero-order valence-electron chi connectivity index (χ0n) is 9.57. The van der Waals surface area contributed by atoms with Crippen LogP contribution in [-0.2, 0) is 0 Å². The fourth-order valence-electron chi connectivity index (χ4n) is 1.31. The number of amides is 1. The first kappa shape index (κ1) is 12.1. The number of hydrogen-bond acceptors (Lipinski definition) is 3. The Labute approximate surface area is 94.8 Å². The topological polar surface area (TPSA) is 62.1 Å². The van der Waals surface area contributed by atoms with Crippen LogP contribution >= 0.6 is 0 Å². The van der Waals surface area contributed by atoms with Gasteiger partial charge >= 0.3 is 0 Å². The average molecular weight is 218 g/mol. The van der Waals surface area contributed by atoms with E-state index in [4.69, 9.17) is 10.00 Å². The third-order valence-electron chi connectivity index (χ3n) is 2.14. The maximum absolute atomic E-state index is 11.8. The maximum atomic E-state index is 11.8. The van der Waals surface area contributed by atoms with E-state index >= 15 is 0 Å². The van der Waals surface area contributed by atoms with E-state index < -0.39 is 6.04 Å². The van der Waals surface area contributed by atoms with Crippen molar-refractivity contribution in [1.29, 1.82) is 5.26 Å². The van der Waals surface area contributed by atoms with E-state index in [0.717, 1.165) is 5.56 Å². The second-order valence-electron chi connectivity index (χ2n) is 3.53. The Morgan fingerprint density at radius 3 is 2.81 bits per heavy atom. The van der Waals surface area contributed by atoms with Crippen molar-refractivity contribution in [2.24, 2.45) is 0 Å². The lowest BCUT2D eigenvalue weighted by Crippen LogP contribution is -2.31. The van der Waals surface area contributed by atoms with Gasteiger partial charge in [-0.25, -0.2) is 0 Å². The Hall–Kier alpha value is -2.02. The van der Waals surface area contributed by atoms with Gasteiger partial charge in [0.05, 0.1) is 18.7 Å². The van der Waals surface area contributed by atoms with Crippen molar-refractivity contribution in [3.63, 3.8) is 0 Å². The Balaban J connectivity index is 2.98. The number of nitrogens with one attached hydrogen (secondary N) is 1. The van der Waals surface area contributed by atoms with Gasteiger partial charge in [-0.05, 0) is 26.0 Å². The third-order valence-corrected chi connectivity index (χ3v) is 2.14. The number of carbonyl (C=O) groups is 1. The Bertz CT molecular complexity index is 435. The third kappa shape index (κ3) is 2.74. The van der Waals surface area contributed by atoms with Crippen LogP contribution in [0.2, 0.25) is 0 Å². The van der Waals surface area contributed by atoms with E-state index in [2.05, 4.69) is 5.32 Å². The second kappa shape index (κ2) is 5.17. The van der Waals surface area contributed by atoms with Crippen LogP contribution in [0.25, 0.3) is 0 Å². The Morgan fingerprint density at radius 1 is 1.56 bits per heavy atom. The number of hydrogen-bond donors (Lipinski definition) is 1. The molecule has 1 amide bonds. The molecular formula is C12H14N2O2. The molecule has 0 aliphatic rings. The van der Waals surface area contributed by atoms with E-state index in [1.165, 1.54) is 7.11 Å². The van der Waals surface area contributed by atoms with Gasteiger partial charge in [-0.15, -0.1) is 0 Å². The second-order valence-corrected chi connectivity index (χ2v) is 3.53. The van der Waals surface area contributed by atoms with Gasteiger partial charge in [0.15, 0.2) is 0 Å². The predicted molar refractivity (Wildman–Crippen MR) is 60.3 cm³/mol. The molecule has 1 atom stereocenters. The molecule has 0 radical (unpaired) electrons.